The maximum atomic E-state index is 11.9. The summed E-state index contributed by atoms with van der Waals surface area (Å²) < 4.78 is 0. The predicted octanol–water partition coefficient (Wildman–Crippen LogP) is 4.02. The van der Waals surface area contributed by atoms with Crippen molar-refractivity contribution in [3.05, 3.63) is 31.2 Å². The van der Waals surface area contributed by atoms with Crippen molar-refractivity contribution in [1.29, 1.82) is 0 Å². The molecule has 2 rings (SSSR count). The smallest absolute Gasteiger partial charge is 0.266 e. The number of alkyl halides is 1. The van der Waals surface area contributed by atoms with Crippen LogP contribution in [0.25, 0.3) is 0 Å². The maximum absolute atomic E-state index is 11.9. The van der Waals surface area contributed by atoms with Crippen molar-refractivity contribution >= 4 is 69.8 Å². The predicted molar refractivity (Wildman–Crippen MR) is 68.8 cm³/mol. The fraction of sp³-hybridized carbons (Fsp3) is 0.111. The number of imide groups is 1. The molecule has 1 aromatic rings. The largest absolute Gasteiger partial charge is 0.287 e. The summed E-state index contributed by atoms with van der Waals surface area (Å²) in [6.45, 7) is 0. The molecular formula is C9H2Cl5NO3. The van der Waals surface area contributed by atoms with Gasteiger partial charge in [-0.25, -0.2) is 4.84 Å². The molecule has 1 heterocycles. The number of amides is 2. The van der Waals surface area contributed by atoms with Crippen molar-refractivity contribution in [3.63, 3.8) is 0 Å². The summed E-state index contributed by atoms with van der Waals surface area (Å²) in [5.74, 6) is -1.58. The number of hydrogen-bond acceptors (Lipinski definition) is 3. The SMILES string of the molecule is O=C1c2c(Cl)c(Cl)c(Cl)c(Cl)c2C(=O)N1OCCl. The van der Waals surface area contributed by atoms with Crippen LogP contribution in [0.2, 0.25) is 20.1 Å². The molecule has 96 valence electrons. The van der Waals surface area contributed by atoms with E-state index in [1.807, 2.05) is 0 Å². The van der Waals surface area contributed by atoms with Gasteiger partial charge >= 0.3 is 0 Å². The van der Waals surface area contributed by atoms with Gasteiger partial charge < -0.3 is 0 Å². The second kappa shape index (κ2) is 5.04. The van der Waals surface area contributed by atoms with Gasteiger partial charge in [-0.1, -0.05) is 58.0 Å². The number of carbonyl (C=O) groups is 2. The van der Waals surface area contributed by atoms with Crippen LogP contribution in [-0.4, -0.2) is 22.9 Å². The van der Waals surface area contributed by atoms with Crippen LogP contribution in [0, 0.1) is 0 Å². The summed E-state index contributed by atoms with van der Waals surface area (Å²) in [7, 11) is 0. The Morgan fingerprint density at radius 3 is 1.56 bits per heavy atom. The third-order valence-corrected chi connectivity index (χ3v) is 4.14. The topological polar surface area (TPSA) is 46.6 Å². The van der Waals surface area contributed by atoms with E-state index in [2.05, 4.69) is 0 Å². The van der Waals surface area contributed by atoms with Gasteiger partial charge in [0.2, 0.25) is 0 Å². The highest BCUT2D eigenvalue weighted by Crippen LogP contribution is 2.44. The fourth-order valence-electron chi connectivity index (χ4n) is 1.49. The molecular weight excluding hydrogens is 347 g/mol. The van der Waals surface area contributed by atoms with E-state index in [-0.39, 0.29) is 37.3 Å². The lowest BCUT2D eigenvalue weighted by Crippen LogP contribution is -2.29. The third-order valence-electron chi connectivity index (χ3n) is 2.24. The number of hydroxylamine groups is 2. The van der Waals surface area contributed by atoms with Gasteiger partial charge in [-0.05, 0) is 0 Å². The summed E-state index contributed by atoms with van der Waals surface area (Å²) in [6.07, 6.45) is 0. The summed E-state index contributed by atoms with van der Waals surface area (Å²) in [4.78, 5) is 28.5. The molecule has 0 spiro atoms. The first-order valence-electron chi connectivity index (χ1n) is 4.35. The lowest BCUT2D eigenvalue weighted by molar-refractivity contribution is -0.0731. The first kappa shape index (κ1) is 14.2. The van der Waals surface area contributed by atoms with E-state index in [4.69, 9.17) is 62.8 Å². The zero-order chi connectivity index (χ0) is 13.6. The Morgan fingerprint density at radius 2 is 1.22 bits per heavy atom. The lowest BCUT2D eigenvalue weighted by Gasteiger charge is -2.09. The number of hydrogen-bond donors (Lipinski definition) is 0. The van der Waals surface area contributed by atoms with Crippen molar-refractivity contribution in [2.45, 2.75) is 0 Å². The minimum Gasteiger partial charge on any atom is -0.266 e. The van der Waals surface area contributed by atoms with Crippen LogP contribution >= 0.6 is 58.0 Å². The molecule has 0 aliphatic carbocycles. The van der Waals surface area contributed by atoms with E-state index in [0.717, 1.165) is 0 Å². The van der Waals surface area contributed by atoms with Crippen LogP contribution in [0.15, 0.2) is 0 Å². The van der Waals surface area contributed by atoms with Crippen molar-refractivity contribution in [2.75, 3.05) is 6.07 Å². The van der Waals surface area contributed by atoms with Gasteiger partial charge in [0, 0.05) is 0 Å². The molecule has 0 fully saturated rings. The Bertz CT molecular complexity index is 527. The highest BCUT2D eigenvalue weighted by atomic mass is 35.5. The molecule has 0 N–H and O–H groups in total. The quantitative estimate of drug-likeness (QED) is 0.351. The van der Waals surface area contributed by atoms with E-state index >= 15 is 0 Å². The van der Waals surface area contributed by atoms with Crippen molar-refractivity contribution in [2.24, 2.45) is 0 Å². The molecule has 9 heteroatoms. The average Bonchev–Trinajstić information content (AvgIpc) is 2.59. The Hall–Kier alpha value is -0.230. The maximum Gasteiger partial charge on any atom is 0.287 e. The highest BCUT2D eigenvalue weighted by Gasteiger charge is 2.42. The van der Waals surface area contributed by atoms with Crippen LogP contribution in [-0.2, 0) is 4.84 Å². The monoisotopic (exact) mass is 347 g/mol. The summed E-state index contributed by atoms with van der Waals surface area (Å²) >= 11 is 28.7. The molecule has 1 aliphatic rings. The van der Waals surface area contributed by atoms with E-state index in [1.54, 1.807) is 0 Å². The van der Waals surface area contributed by atoms with Crippen LogP contribution in [0.1, 0.15) is 20.7 Å². The molecule has 0 unspecified atom stereocenters. The summed E-state index contributed by atoms with van der Waals surface area (Å²) in [5, 5.41) is -0.0469. The Balaban J connectivity index is 2.72. The number of halogens is 5. The molecule has 1 aliphatic heterocycles. The first-order valence-corrected chi connectivity index (χ1v) is 6.40. The molecule has 0 bridgehead atoms. The van der Waals surface area contributed by atoms with Gasteiger partial charge in [-0.2, -0.15) is 0 Å². The van der Waals surface area contributed by atoms with E-state index in [1.165, 1.54) is 0 Å². The molecule has 2 amide bonds. The van der Waals surface area contributed by atoms with Gasteiger partial charge in [0.15, 0.2) is 0 Å². The molecule has 0 aromatic heterocycles. The molecule has 0 saturated heterocycles. The molecule has 4 nitrogen and oxygen atoms in total. The normalized spacial score (nSPS) is 14.4. The van der Waals surface area contributed by atoms with Crippen LogP contribution in [0.3, 0.4) is 0 Å². The Kier molecular flexibility index (Phi) is 3.97. The van der Waals surface area contributed by atoms with E-state index in [9.17, 15) is 9.59 Å². The second-order valence-electron chi connectivity index (χ2n) is 3.15. The zero-order valence-electron chi connectivity index (χ0n) is 8.27. The highest BCUT2D eigenvalue weighted by molar-refractivity contribution is 6.55. The molecule has 0 atom stereocenters. The van der Waals surface area contributed by atoms with Crippen molar-refractivity contribution < 1.29 is 14.4 Å². The van der Waals surface area contributed by atoms with E-state index < -0.39 is 11.8 Å². The van der Waals surface area contributed by atoms with Crippen LogP contribution in [0.4, 0.5) is 0 Å². The lowest BCUT2D eigenvalue weighted by atomic mass is 10.1. The molecule has 1 aromatic carbocycles. The minimum absolute atomic E-state index is 0.101. The number of carbonyl (C=O) groups excluding carboxylic acids is 2. The molecule has 18 heavy (non-hydrogen) atoms. The van der Waals surface area contributed by atoms with Gasteiger partial charge in [0.05, 0.1) is 31.2 Å². The summed E-state index contributed by atoms with van der Waals surface area (Å²) in [6, 6.07) is -0.387. The number of fused-ring (bicyclic) bond motifs is 1. The van der Waals surface area contributed by atoms with Gasteiger partial charge in [0.25, 0.3) is 11.8 Å². The third kappa shape index (κ3) is 1.88. The van der Waals surface area contributed by atoms with Crippen LogP contribution < -0.4 is 0 Å². The minimum atomic E-state index is -0.791. The zero-order valence-corrected chi connectivity index (χ0v) is 12.0. The van der Waals surface area contributed by atoms with Crippen molar-refractivity contribution in [1.82, 2.24) is 5.06 Å². The van der Waals surface area contributed by atoms with E-state index in [0.29, 0.717) is 5.06 Å². The van der Waals surface area contributed by atoms with Gasteiger partial charge in [-0.15, -0.1) is 5.06 Å². The molecule has 0 saturated carbocycles. The van der Waals surface area contributed by atoms with Crippen molar-refractivity contribution in [3.8, 4) is 0 Å². The number of rotatable bonds is 2. The first-order chi connectivity index (χ1) is 8.41. The van der Waals surface area contributed by atoms with Crippen LogP contribution in [0.5, 0.6) is 0 Å². The Morgan fingerprint density at radius 1 is 0.833 bits per heavy atom. The van der Waals surface area contributed by atoms with Gasteiger partial charge in [-0.3, -0.25) is 9.59 Å². The fourth-order valence-corrected chi connectivity index (χ4v) is 2.61. The number of nitrogens with zero attached hydrogens (tertiary/aromatic N) is 1. The summed E-state index contributed by atoms with van der Waals surface area (Å²) in [5.41, 5.74) is -0.294. The molecule has 0 radical (unpaired) electrons. The standard InChI is InChI=1S/C9H2Cl5NO3/c10-1-18-15-8(16)2-3(9(15)17)5(12)7(14)6(13)4(2)11/h1H2. The Labute approximate surface area is 126 Å². The second-order valence-corrected chi connectivity index (χ2v) is 4.88. The van der Waals surface area contributed by atoms with Gasteiger partial charge in [0.1, 0.15) is 6.07 Å². The average molecular weight is 349 g/mol. The number of benzene rings is 1.